The Morgan fingerprint density at radius 1 is 1.21 bits per heavy atom. The lowest BCUT2D eigenvalue weighted by Gasteiger charge is -2.24. The zero-order valence-electron chi connectivity index (χ0n) is 11.1. The van der Waals surface area contributed by atoms with E-state index in [2.05, 4.69) is 10.6 Å². The average Bonchev–Trinajstić information content (AvgIpc) is 2.47. The van der Waals surface area contributed by atoms with Crippen molar-refractivity contribution in [3.63, 3.8) is 0 Å². The zero-order chi connectivity index (χ0) is 13.5. The highest BCUT2D eigenvalue weighted by Gasteiger charge is 2.14. The first-order valence-electron chi connectivity index (χ1n) is 7.03. The maximum absolute atomic E-state index is 10.0. The molecule has 3 nitrogen and oxygen atoms in total. The van der Waals surface area contributed by atoms with Gasteiger partial charge >= 0.3 is 0 Å². The molecule has 4 heteroatoms. The van der Waals surface area contributed by atoms with Crippen molar-refractivity contribution in [1.82, 2.24) is 10.6 Å². The standard InChI is InChI=1S/C15H22N2OS/c18-14(12-7-3-1-4-8-12)11-16-15(19)17-13-9-5-2-6-10-13/h1,3-4,7-8,13-14,18H,2,5-6,9-11H2,(H2,16,17,19). The quantitative estimate of drug-likeness (QED) is 0.741. The molecule has 0 bridgehead atoms. The Bertz CT molecular complexity index is 390. The van der Waals surface area contributed by atoms with E-state index in [0.29, 0.717) is 17.7 Å². The Kier molecular flexibility index (Phi) is 5.61. The summed E-state index contributed by atoms with van der Waals surface area (Å²) in [5, 5.41) is 17.1. The fourth-order valence-electron chi connectivity index (χ4n) is 2.47. The van der Waals surface area contributed by atoms with Crippen molar-refractivity contribution in [3.05, 3.63) is 35.9 Å². The van der Waals surface area contributed by atoms with Crippen LogP contribution in [0, 0.1) is 0 Å². The third-order valence-corrected chi connectivity index (χ3v) is 3.84. The Morgan fingerprint density at radius 3 is 2.58 bits per heavy atom. The Labute approximate surface area is 120 Å². The molecular formula is C15H22N2OS. The van der Waals surface area contributed by atoms with Crippen LogP contribution < -0.4 is 10.6 Å². The van der Waals surface area contributed by atoms with Crippen LogP contribution in [0.3, 0.4) is 0 Å². The fourth-order valence-corrected chi connectivity index (χ4v) is 2.72. The van der Waals surface area contributed by atoms with Crippen molar-refractivity contribution in [2.45, 2.75) is 44.2 Å². The monoisotopic (exact) mass is 278 g/mol. The molecule has 2 rings (SSSR count). The van der Waals surface area contributed by atoms with Gasteiger partial charge in [0.15, 0.2) is 5.11 Å². The lowest BCUT2D eigenvalue weighted by molar-refractivity contribution is 0.181. The molecule has 19 heavy (non-hydrogen) atoms. The molecule has 0 spiro atoms. The van der Waals surface area contributed by atoms with E-state index in [4.69, 9.17) is 12.2 Å². The van der Waals surface area contributed by atoms with Crippen molar-refractivity contribution in [3.8, 4) is 0 Å². The third-order valence-electron chi connectivity index (χ3n) is 3.58. The van der Waals surface area contributed by atoms with Gasteiger partial charge in [-0.3, -0.25) is 0 Å². The van der Waals surface area contributed by atoms with Gasteiger partial charge in [-0.05, 0) is 30.6 Å². The van der Waals surface area contributed by atoms with E-state index < -0.39 is 6.10 Å². The van der Waals surface area contributed by atoms with Gasteiger partial charge in [-0.1, -0.05) is 49.6 Å². The average molecular weight is 278 g/mol. The summed E-state index contributed by atoms with van der Waals surface area (Å²) in [5.41, 5.74) is 0.912. The SMILES string of the molecule is OC(CNC(=S)NC1CCCCC1)c1ccccc1. The van der Waals surface area contributed by atoms with Crippen molar-refractivity contribution in [2.75, 3.05) is 6.54 Å². The molecule has 1 atom stereocenters. The lowest BCUT2D eigenvalue weighted by atomic mass is 9.96. The molecule has 1 aliphatic rings. The normalized spacial score (nSPS) is 17.7. The first kappa shape index (κ1) is 14.3. The molecule has 1 fully saturated rings. The predicted octanol–water partition coefficient (Wildman–Crippen LogP) is 2.52. The van der Waals surface area contributed by atoms with E-state index in [-0.39, 0.29) is 0 Å². The van der Waals surface area contributed by atoms with E-state index in [1.54, 1.807) is 0 Å². The summed E-state index contributed by atoms with van der Waals surface area (Å²) in [6, 6.07) is 10.1. The predicted molar refractivity (Wildman–Crippen MR) is 82.0 cm³/mol. The number of hydrogen-bond acceptors (Lipinski definition) is 2. The highest BCUT2D eigenvalue weighted by atomic mass is 32.1. The third kappa shape index (κ3) is 4.80. The van der Waals surface area contributed by atoms with Crippen LogP contribution in [0.2, 0.25) is 0 Å². The van der Waals surface area contributed by atoms with Gasteiger partial charge in [-0.2, -0.15) is 0 Å². The van der Waals surface area contributed by atoms with Crippen LogP contribution >= 0.6 is 12.2 Å². The van der Waals surface area contributed by atoms with Crippen LogP contribution in [0.1, 0.15) is 43.8 Å². The van der Waals surface area contributed by atoms with E-state index in [0.717, 1.165) is 5.56 Å². The minimum atomic E-state index is -0.521. The molecule has 1 aromatic carbocycles. The van der Waals surface area contributed by atoms with Crippen LogP contribution in [0.25, 0.3) is 0 Å². The number of hydrogen-bond donors (Lipinski definition) is 3. The van der Waals surface area contributed by atoms with Crippen molar-refractivity contribution in [2.24, 2.45) is 0 Å². The van der Waals surface area contributed by atoms with E-state index >= 15 is 0 Å². The highest BCUT2D eigenvalue weighted by Crippen LogP contribution is 2.17. The summed E-state index contributed by atoms with van der Waals surface area (Å²) in [6.45, 7) is 0.447. The number of aliphatic hydroxyl groups is 1. The summed E-state index contributed by atoms with van der Waals surface area (Å²) in [5.74, 6) is 0. The van der Waals surface area contributed by atoms with Crippen LogP contribution in [0.15, 0.2) is 30.3 Å². The molecule has 1 saturated carbocycles. The first-order valence-corrected chi connectivity index (χ1v) is 7.44. The summed E-state index contributed by atoms with van der Waals surface area (Å²) >= 11 is 5.27. The Hall–Kier alpha value is -1.13. The molecule has 0 aliphatic heterocycles. The van der Waals surface area contributed by atoms with E-state index in [1.807, 2.05) is 30.3 Å². The largest absolute Gasteiger partial charge is 0.387 e. The van der Waals surface area contributed by atoms with Gasteiger partial charge in [0.05, 0.1) is 6.10 Å². The molecule has 0 amide bonds. The van der Waals surface area contributed by atoms with Crippen LogP contribution in [-0.4, -0.2) is 22.8 Å². The van der Waals surface area contributed by atoms with E-state index in [9.17, 15) is 5.11 Å². The van der Waals surface area contributed by atoms with E-state index in [1.165, 1.54) is 32.1 Å². The molecule has 0 radical (unpaired) electrons. The lowest BCUT2D eigenvalue weighted by Crippen LogP contribution is -2.43. The molecule has 0 aromatic heterocycles. The number of thiocarbonyl (C=S) groups is 1. The number of nitrogens with one attached hydrogen (secondary N) is 2. The fraction of sp³-hybridized carbons (Fsp3) is 0.533. The van der Waals surface area contributed by atoms with Crippen LogP contribution in [0.5, 0.6) is 0 Å². The minimum Gasteiger partial charge on any atom is -0.387 e. The van der Waals surface area contributed by atoms with Crippen LogP contribution in [-0.2, 0) is 0 Å². The van der Waals surface area contributed by atoms with Gasteiger partial charge in [0.1, 0.15) is 0 Å². The summed E-state index contributed by atoms with van der Waals surface area (Å²) in [7, 11) is 0. The molecule has 104 valence electrons. The number of rotatable bonds is 4. The topological polar surface area (TPSA) is 44.3 Å². The maximum Gasteiger partial charge on any atom is 0.166 e. The van der Waals surface area contributed by atoms with Gasteiger partial charge in [0.25, 0.3) is 0 Å². The van der Waals surface area contributed by atoms with Gasteiger partial charge in [-0.25, -0.2) is 0 Å². The second kappa shape index (κ2) is 7.46. The van der Waals surface area contributed by atoms with Gasteiger partial charge in [0, 0.05) is 12.6 Å². The smallest absolute Gasteiger partial charge is 0.166 e. The molecule has 1 aromatic rings. The van der Waals surface area contributed by atoms with Crippen molar-refractivity contribution in [1.29, 1.82) is 0 Å². The van der Waals surface area contributed by atoms with Gasteiger partial charge in [-0.15, -0.1) is 0 Å². The molecule has 1 unspecified atom stereocenters. The Morgan fingerprint density at radius 2 is 1.89 bits per heavy atom. The highest BCUT2D eigenvalue weighted by molar-refractivity contribution is 7.80. The zero-order valence-corrected chi connectivity index (χ0v) is 12.0. The molecule has 1 aliphatic carbocycles. The summed E-state index contributed by atoms with van der Waals surface area (Å²) in [6.07, 6.45) is 5.78. The first-order chi connectivity index (χ1) is 9.25. The molecule has 0 heterocycles. The summed E-state index contributed by atoms with van der Waals surface area (Å²) < 4.78 is 0. The number of aliphatic hydroxyl groups excluding tert-OH is 1. The van der Waals surface area contributed by atoms with Gasteiger partial charge < -0.3 is 15.7 Å². The van der Waals surface area contributed by atoms with Gasteiger partial charge in [0.2, 0.25) is 0 Å². The number of benzene rings is 1. The second-order valence-electron chi connectivity index (χ2n) is 5.12. The maximum atomic E-state index is 10.0. The second-order valence-corrected chi connectivity index (χ2v) is 5.52. The van der Waals surface area contributed by atoms with Crippen molar-refractivity contribution < 1.29 is 5.11 Å². The summed E-state index contributed by atoms with van der Waals surface area (Å²) in [4.78, 5) is 0. The molecule has 3 N–H and O–H groups in total. The van der Waals surface area contributed by atoms with Crippen LogP contribution in [0.4, 0.5) is 0 Å². The molecular weight excluding hydrogens is 256 g/mol. The Balaban J connectivity index is 1.71. The minimum absolute atomic E-state index is 0.447. The van der Waals surface area contributed by atoms with Crippen molar-refractivity contribution >= 4 is 17.3 Å². The molecule has 0 saturated heterocycles.